The summed E-state index contributed by atoms with van der Waals surface area (Å²) in [7, 11) is 2.07. The normalized spacial score (nSPS) is 19.5. The molecule has 0 aromatic heterocycles. The number of hydrogen-bond acceptors (Lipinski definition) is 3. The van der Waals surface area contributed by atoms with Crippen LogP contribution in [0.25, 0.3) is 0 Å². The van der Waals surface area contributed by atoms with Crippen molar-refractivity contribution in [3.8, 4) is 0 Å². The Bertz CT molecular complexity index is 383. The van der Waals surface area contributed by atoms with E-state index in [1.807, 2.05) is 0 Å². The second-order valence-corrected chi connectivity index (χ2v) is 5.43. The lowest BCUT2D eigenvalue weighted by molar-refractivity contribution is 0.128. The first-order valence-electron chi connectivity index (χ1n) is 7.42. The predicted octanol–water partition coefficient (Wildman–Crippen LogP) is 1.89. The van der Waals surface area contributed by atoms with Gasteiger partial charge in [0.25, 0.3) is 0 Å². The van der Waals surface area contributed by atoms with Crippen molar-refractivity contribution in [3.05, 3.63) is 35.4 Å². The van der Waals surface area contributed by atoms with E-state index < -0.39 is 0 Å². The van der Waals surface area contributed by atoms with Gasteiger partial charge in [-0.05, 0) is 31.6 Å². The predicted molar refractivity (Wildman–Crippen MR) is 81.5 cm³/mol. The van der Waals surface area contributed by atoms with Crippen molar-refractivity contribution in [2.45, 2.75) is 19.9 Å². The molecule has 1 atom stereocenters. The maximum absolute atomic E-state index is 3.48. The third kappa shape index (κ3) is 3.78. The summed E-state index contributed by atoms with van der Waals surface area (Å²) < 4.78 is 0. The molecule has 2 rings (SSSR count). The van der Waals surface area contributed by atoms with Gasteiger partial charge >= 0.3 is 0 Å². The van der Waals surface area contributed by atoms with Gasteiger partial charge in [0.15, 0.2) is 0 Å². The van der Waals surface area contributed by atoms with Crippen molar-refractivity contribution in [1.82, 2.24) is 15.1 Å². The first kappa shape index (κ1) is 14.5. The van der Waals surface area contributed by atoms with Gasteiger partial charge in [0.1, 0.15) is 0 Å². The van der Waals surface area contributed by atoms with Crippen molar-refractivity contribution >= 4 is 0 Å². The molecule has 0 spiro atoms. The standard InChI is InChI=1S/C16H27N3/c1-4-18-9-11-19(12-10-18)13-16(17-3)15-8-6-5-7-14(15)2/h5-8,16-17H,4,9-13H2,1-3H3. The Balaban J connectivity index is 1.95. The first-order chi connectivity index (χ1) is 9.24. The summed E-state index contributed by atoms with van der Waals surface area (Å²) in [5.41, 5.74) is 2.82. The number of hydrogen-bond donors (Lipinski definition) is 1. The van der Waals surface area contributed by atoms with E-state index in [9.17, 15) is 0 Å². The van der Waals surface area contributed by atoms with E-state index in [1.54, 1.807) is 0 Å². The summed E-state index contributed by atoms with van der Waals surface area (Å²) in [6.07, 6.45) is 0. The van der Waals surface area contributed by atoms with E-state index in [0.717, 1.165) is 6.54 Å². The lowest BCUT2D eigenvalue weighted by Gasteiger charge is -2.36. The van der Waals surface area contributed by atoms with Crippen LogP contribution in [0.5, 0.6) is 0 Å². The highest BCUT2D eigenvalue weighted by Gasteiger charge is 2.20. The number of likely N-dealkylation sites (N-methyl/N-ethyl adjacent to an activating group) is 2. The van der Waals surface area contributed by atoms with Crippen LogP contribution in [0.1, 0.15) is 24.1 Å². The summed E-state index contributed by atoms with van der Waals surface area (Å²) in [4.78, 5) is 5.11. The maximum Gasteiger partial charge on any atom is 0.0449 e. The quantitative estimate of drug-likeness (QED) is 0.873. The van der Waals surface area contributed by atoms with Crippen LogP contribution >= 0.6 is 0 Å². The van der Waals surface area contributed by atoms with Crippen LogP contribution < -0.4 is 5.32 Å². The highest BCUT2D eigenvalue weighted by molar-refractivity contribution is 5.29. The van der Waals surface area contributed by atoms with E-state index >= 15 is 0 Å². The van der Waals surface area contributed by atoms with E-state index in [2.05, 4.69) is 60.3 Å². The van der Waals surface area contributed by atoms with Crippen LogP contribution in [-0.4, -0.2) is 56.1 Å². The van der Waals surface area contributed by atoms with Gasteiger partial charge in [-0.15, -0.1) is 0 Å². The molecule has 0 aliphatic carbocycles. The molecule has 106 valence electrons. The lowest BCUT2D eigenvalue weighted by Crippen LogP contribution is -2.48. The zero-order valence-electron chi connectivity index (χ0n) is 12.5. The second-order valence-electron chi connectivity index (χ2n) is 5.43. The fourth-order valence-corrected chi connectivity index (χ4v) is 2.87. The Labute approximate surface area is 117 Å². The molecule has 0 bridgehead atoms. The third-order valence-corrected chi connectivity index (χ3v) is 4.27. The molecule has 1 aliphatic rings. The topological polar surface area (TPSA) is 18.5 Å². The molecule has 1 N–H and O–H groups in total. The van der Waals surface area contributed by atoms with Crippen molar-refractivity contribution in [2.75, 3.05) is 46.3 Å². The van der Waals surface area contributed by atoms with Crippen molar-refractivity contribution < 1.29 is 0 Å². The molecule has 1 saturated heterocycles. The molecule has 3 heteroatoms. The van der Waals surface area contributed by atoms with Gasteiger partial charge in [0.2, 0.25) is 0 Å². The monoisotopic (exact) mass is 261 g/mol. The highest BCUT2D eigenvalue weighted by atomic mass is 15.3. The van der Waals surface area contributed by atoms with Crippen LogP contribution in [0.2, 0.25) is 0 Å². The summed E-state index contributed by atoms with van der Waals surface area (Å²) in [6.45, 7) is 11.5. The number of nitrogens with one attached hydrogen (secondary N) is 1. The Morgan fingerprint density at radius 3 is 2.32 bits per heavy atom. The molecule has 3 nitrogen and oxygen atoms in total. The van der Waals surface area contributed by atoms with Crippen molar-refractivity contribution in [1.29, 1.82) is 0 Å². The molecule has 0 saturated carbocycles. The molecule has 0 amide bonds. The van der Waals surface area contributed by atoms with E-state index in [0.29, 0.717) is 6.04 Å². The third-order valence-electron chi connectivity index (χ3n) is 4.27. The Morgan fingerprint density at radius 2 is 1.74 bits per heavy atom. The minimum atomic E-state index is 0.439. The average Bonchev–Trinajstić information content (AvgIpc) is 2.46. The minimum Gasteiger partial charge on any atom is -0.312 e. The minimum absolute atomic E-state index is 0.439. The highest BCUT2D eigenvalue weighted by Crippen LogP contribution is 2.18. The van der Waals surface area contributed by atoms with Gasteiger partial charge in [-0.3, -0.25) is 4.90 Å². The van der Waals surface area contributed by atoms with Gasteiger partial charge in [0.05, 0.1) is 0 Å². The fraction of sp³-hybridized carbons (Fsp3) is 0.625. The number of nitrogens with zero attached hydrogens (tertiary/aromatic N) is 2. The van der Waals surface area contributed by atoms with Gasteiger partial charge in [-0.1, -0.05) is 31.2 Å². The van der Waals surface area contributed by atoms with Gasteiger partial charge in [-0.25, -0.2) is 0 Å². The molecule has 1 unspecified atom stereocenters. The molecule has 1 aromatic rings. The molecule has 1 fully saturated rings. The average molecular weight is 261 g/mol. The number of rotatable bonds is 5. The molecule has 1 aliphatic heterocycles. The molecule has 1 aromatic carbocycles. The van der Waals surface area contributed by atoms with Gasteiger partial charge in [-0.2, -0.15) is 0 Å². The molecule has 19 heavy (non-hydrogen) atoms. The first-order valence-corrected chi connectivity index (χ1v) is 7.42. The van der Waals surface area contributed by atoms with E-state index in [-0.39, 0.29) is 0 Å². The molecule has 0 radical (unpaired) electrons. The van der Waals surface area contributed by atoms with Crippen LogP contribution in [0, 0.1) is 6.92 Å². The van der Waals surface area contributed by atoms with Crippen molar-refractivity contribution in [2.24, 2.45) is 0 Å². The largest absolute Gasteiger partial charge is 0.312 e. The summed E-state index contributed by atoms with van der Waals surface area (Å²) in [5, 5.41) is 3.48. The number of aryl methyl sites for hydroxylation is 1. The van der Waals surface area contributed by atoms with Gasteiger partial charge in [0, 0.05) is 38.8 Å². The van der Waals surface area contributed by atoms with E-state index in [4.69, 9.17) is 0 Å². The zero-order chi connectivity index (χ0) is 13.7. The second kappa shape index (κ2) is 7.04. The van der Waals surface area contributed by atoms with Crippen molar-refractivity contribution in [3.63, 3.8) is 0 Å². The van der Waals surface area contributed by atoms with Crippen LogP contribution in [0.15, 0.2) is 24.3 Å². The Kier molecular flexibility index (Phi) is 5.37. The van der Waals surface area contributed by atoms with Crippen LogP contribution in [0.3, 0.4) is 0 Å². The molecular weight excluding hydrogens is 234 g/mol. The Morgan fingerprint density at radius 1 is 1.11 bits per heavy atom. The summed E-state index contributed by atoms with van der Waals surface area (Å²) in [6, 6.07) is 9.15. The number of benzene rings is 1. The summed E-state index contributed by atoms with van der Waals surface area (Å²) >= 11 is 0. The smallest absolute Gasteiger partial charge is 0.0449 e. The van der Waals surface area contributed by atoms with E-state index in [1.165, 1.54) is 43.9 Å². The summed E-state index contributed by atoms with van der Waals surface area (Å²) in [5.74, 6) is 0. The lowest BCUT2D eigenvalue weighted by atomic mass is 10.0. The Hall–Kier alpha value is -0.900. The van der Waals surface area contributed by atoms with Crippen LogP contribution in [-0.2, 0) is 0 Å². The molecular formula is C16H27N3. The van der Waals surface area contributed by atoms with Crippen LogP contribution in [0.4, 0.5) is 0 Å². The molecule has 1 heterocycles. The SMILES string of the molecule is CCN1CCN(CC(NC)c2ccccc2C)CC1. The fourth-order valence-electron chi connectivity index (χ4n) is 2.87. The number of piperazine rings is 1. The maximum atomic E-state index is 3.48. The van der Waals surface area contributed by atoms with Gasteiger partial charge < -0.3 is 10.2 Å². The zero-order valence-corrected chi connectivity index (χ0v) is 12.5.